The summed E-state index contributed by atoms with van der Waals surface area (Å²) in [6.45, 7) is 4.25. The number of esters is 1. The first-order valence-electron chi connectivity index (χ1n) is 12.9. The fourth-order valence-corrected chi connectivity index (χ4v) is 5.19. The molecule has 0 aliphatic heterocycles. The molecule has 0 spiro atoms. The predicted molar refractivity (Wildman–Crippen MR) is 147 cm³/mol. The minimum absolute atomic E-state index is 0.00946. The van der Waals surface area contributed by atoms with Crippen molar-refractivity contribution in [1.29, 1.82) is 0 Å². The third-order valence-corrected chi connectivity index (χ3v) is 7.46. The lowest BCUT2D eigenvalue weighted by atomic mass is 9.90. The van der Waals surface area contributed by atoms with Gasteiger partial charge >= 0.3 is 5.97 Å². The minimum Gasteiger partial charge on any atom is -0.465 e. The summed E-state index contributed by atoms with van der Waals surface area (Å²) in [7, 11) is -4.17. The lowest BCUT2D eigenvalue weighted by molar-refractivity contribution is -0.177. The van der Waals surface area contributed by atoms with E-state index in [1.54, 1.807) is 43.3 Å². The van der Waals surface area contributed by atoms with Crippen molar-refractivity contribution >= 4 is 22.5 Å². The van der Waals surface area contributed by atoms with Crippen molar-refractivity contribution in [2.45, 2.75) is 56.6 Å². The lowest BCUT2D eigenvalue weighted by Gasteiger charge is -2.26. The van der Waals surface area contributed by atoms with Crippen molar-refractivity contribution in [2.75, 3.05) is 13.2 Å². The highest BCUT2D eigenvalue weighted by Gasteiger charge is 2.35. The van der Waals surface area contributed by atoms with Gasteiger partial charge in [0.25, 0.3) is 10.1 Å². The maximum atomic E-state index is 13.2. The van der Waals surface area contributed by atoms with Crippen molar-refractivity contribution in [2.24, 2.45) is 0 Å². The van der Waals surface area contributed by atoms with E-state index < -0.39 is 28.1 Å². The summed E-state index contributed by atoms with van der Waals surface area (Å²) >= 11 is 0. The maximum absolute atomic E-state index is 13.2. The smallest absolute Gasteiger partial charge is 0.316 e. The van der Waals surface area contributed by atoms with Gasteiger partial charge in [-0.1, -0.05) is 78.4 Å². The average molecular weight is 554 g/mol. The molecule has 0 aliphatic rings. The van der Waals surface area contributed by atoms with E-state index in [0.29, 0.717) is 31.4 Å². The summed E-state index contributed by atoms with van der Waals surface area (Å²) < 4.78 is 37.5. The molecule has 3 aromatic carbocycles. The van der Waals surface area contributed by atoms with Crippen molar-refractivity contribution in [3.05, 3.63) is 102 Å². The normalized spacial score (nSPS) is 12.9. The van der Waals surface area contributed by atoms with E-state index >= 15 is 0 Å². The standard InChI is InChI=1S/C30H35NO7S/c1-3-36-30(33)29(26-14-8-5-9-15-26)28(38-39(34,35)27-19-17-24(2)18-20-27)16-10-11-21-31(23-32)37-22-25-12-6-4-7-13-25/h4-9,12-15,17-20,23,28-29H,3,10-11,16,21-22H2,1-2H3. The van der Waals surface area contributed by atoms with E-state index in [1.807, 2.05) is 43.3 Å². The number of rotatable bonds is 16. The number of hydroxylamine groups is 2. The van der Waals surface area contributed by atoms with Gasteiger partial charge < -0.3 is 4.74 Å². The van der Waals surface area contributed by atoms with E-state index in [2.05, 4.69) is 0 Å². The van der Waals surface area contributed by atoms with Gasteiger partial charge in [0.2, 0.25) is 6.41 Å². The van der Waals surface area contributed by atoms with Gasteiger partial charge in [-0.25, -0.2) is 5.06 Å². The van der Waals surface area contributed by atoms with E-state index in [9.17, 15) is 18.0 Å². The van der Waals surface area contributed by atoms with Crippen LogP contribution in [0.5, 0.6) is 0 Å². The van der Waals surface area contributed by atoms with Crippen LogP contribution < -0.4 is 0 Å². The molecule has 0 heterocycles. The van der Waals surface area contributed by atoms with Crippen LogP contribution in [-0.4, -0.2) is 45.1 Å². The molecule has 9 heteroatoms. The Hall–Kier alpha value is -3.53. The number of hydrogen-bond donors (Lipinski definition) is 0. The molecule has 1 amide bonds. The monoisotopic (exact) mass is 553 g/mol. The van der Waals surface area contributed by atoms with Crippen LogP contribution in [0.3, 0.4) is 0 Å². The number of carbonyl (C=O) groups is 2. The SMILES string of the molecule is CCOC(=O)C(c1ccccc1)C(CCCCN(C=O)OCc1ccccc1)OS(=O)(=O)c1ccc(C)cc1. The Morgan fingerprint density at radius 2 is 1.56 bits per heavy atom. The van der Waals surface area contributed by atoms with Crippen LogP contribution in [0.2, 0.25) is 0 Å². The average Bonchev–Trinajstić information content (AvgIpc) is 2.94. The lowest BCUT2D eigenvalue weighted by Crippen LogP contribution is -2.33. The number of carbonyl (C=O) groups excluding carboxylic acids is 2. The van der Waals surface area contributed by atoms with Gasteiger partial charge in [-0.15, -0.1) is 0 Å². The van der Waals surface area contributed by atoms with E-state index in [-0.39, 0.29) is 24.5 Å². The fraction of sp³-hybridized carbons (Fsp3) is 0.333. The van der Waals surface area contributed by atoms with E-state index in [4.69, 9.17) is 13.8 Å². The Morgan fingerprint density at radius 3 is 2.18 bits per heavy atom. The number of hydrogen-bond acceptors (Lipinski definition) is 7. The van der Waals surface area contributed by atoms with Gasteiger partial charge in [0, 0.05) is 6.54 Å². The molecule has 208 valence electrons. The second-order valence-electron chi connectivity index (χ2n) is 9.04. The molecule has 0 saturated heterocycles. The molecule has 0 aliphatic carbocycles. The van der Waals surface area contributed by atoms with Gasteiger partial charge in [-0.3, -0.25) is 18.6 Å². The van der Waals surface area contributed by atoms with Crippen LogP contribution in [0.4, 0.5) is 0 Å². The third kappa shape index (κ3) is 9.31. The zero-order valence-corrected chi connectivity index (χ0v) is 23.1. The minimum atomic E-state index is -4.17. The van der Waals surface area contributed by atoms with Crippen LogP contribution in [0.25, 0.3) is 0 Å². The van der Waals surface area contributed by atoms with Gasteiger partial charge in [0.05, 0.1) is 17.6 Å². The predicted octanol–water partition coefficient (Wildman–Crippen LogP) is 5.18. The Morgan fingerprint density at radius 1 is 0.923 bits per heavy atom. The Balaban J connectivity index is 1.75. The molecule has 2 unspecified atom stereocenters. The van der Waals surface area contributed by atoms with Crippen LogP contribution in [0.15, 0.2) is 89.8 Å². The summed E-state index contributed by atoms with van der Waals surface area (Å²) in [6.07, 6.45) is 0.796. The molecule has 0 aromatic heterocycles. The Labute approximate surface area is 230 Å². The number of aryl methyl sites for hydroxylation is 1. The first-order chi connectivity index (χ1) is 18.8. The first-order valence-corrected chi connectivity index (χ1v) is 14.3. The summed E-state index contributed by atoms with van der Waals surface area (Å²) in [4.78, 5) is 30.2. The molecule has 0 saturated carbocycles. The molecule has 8 nitrogen and oxygen atoms in total. The number of amides is 1. The molecular weight excluding hydrogens is 518 g/mol. The number of ether oxygens (including phenoxy) is 1. The highest BCUT2D eigenvalue weighted by molar-refractivity contribution is 7.86. The van der Waals surface area contributed by atoms with Crippen LogP contribution in [0, 0.1) is 6.92 Å². The van der Waals surface area contributed by atoms with Crippen LogP contribution in [0.1, 0.15) is 48.8 Å². The summed E-state index contributed by atoms with van der Waals surface area (Å²) in [5.41, 5.74) is 2.44. The fourth-order valence-electron chi connectivity index (χ4n) is 4.08. The van der Waals surface area contributed by atoms with Crippen LogP contribution in [-0.2, 0) is 40.1 Å². The second-order valence-corrected chi connectivity index (χ2v) is 10.6. The Bertz CT molecular complexity index is 1270. The quantitative estimate of drug-likeness (QED) is 0.0793. The summed E-state index contributed by atoms with van der Waals surface area (Å²) in [5.74, 6) is -1.52. The second kappa shape index (κ2) is 15.2. The number of nitrogens with zero attached hydrogens (tertiary/aromatic N) is 1. The van der Waals surface area contributed by atoms with Gasteiger partial charge in [0.15, 0.2) is 0 Å². The largest absolute Gasteiger partial charge is 0.465 e. The molecule has 3 rings (SSSR count). The van der Waals surface area contributed by atoms with Crippen molar-refractivity contribution < 1.29 is 31.8 Å². The molecule has 0 bridgehead atoms. The van der Waals surface area contributed by atoms with Gasteiger partial charge in [0.1, 0.15) is 12.5 Å². The van der Waals surface area contributed by atoms with Crippen LogP contribution >= 0.6 is 0 Å². The van der Waals surface area contributed by atoms with E-state index in [1.165, 1.54) is 17.2 Å². The molecule has 39 heavy (non-hydrogen) atoms. The highest BCUT2D eigenvalue weighted by atomic mass is 32.2. The van der Waals surface area contributed by atoms with Gasteiger partial charge in [-0.2, -0.15) is 8.42 Å². The molecular formula is C30H35NO7S. The zero-order valence-electron chi connectivity index (χ0n) is 22.3. The summed E-state index contributed by atoms with van der Waals surface area (Å²) in [5, 5.41) is 1.21. The van der Waals surface area contributed by atoms with Gasteiger partial charge in [-0.05, 0) is 56.4 Å². The number of unbranched alkanes of at least 4 members (excludes halogenated alkanes) is 1. The maximum Gasteiger partial charge on any atom is 0.316 e. The van der Waals surface area contributed by atoms with Crippen molar-refractivity contribution in [3.8, 4) is 0 Å². The Kier molecular flexibility index (Phi) is 11.7. The molecule has 3 aromatic rings. The van der Waals surface area contributed by atoms with Crippen molar-refractivity contribution in [1.82, 2.24) is 5.06 Å². The van der Waals surface area contributed by atoms with Crippen molar-refractivity contribution in [3.63, 3.8) is 0 Å². The topological polar surface area (TPSA) is 99.2 Å². The third-order valence-electron chi connectivity index (χ3n) is 6.11. The number of benzene rings is 3. The van der Waals surface area contributed by atoms with E-state index in [0.717, 1.165) is 11.1 Å². The molecule has 0 N–H and O–H groups in total. The highest BCUT2D eigenvalue weighted by Crippen LogP contribution is 2.30. The summed E-state index contributed by atoms with van der Waals surface area (Å²) in [6, 6.07) is 24.7. The molecule has 2 atom stereocenters. The molecule has 0 radical (unpaired) electrons. The molecule has 0 fully saturated rings. The zero-order chi connectivity index (χ0) is 28.1. The first kappa shape index (κ1) is 30.0.